The number of nitrogens with one attached hydrogen (secondary N) is 1. The summed E-state index contributed by atoms with van der Waals surface area (Å²) in [6.45, 7) is 5.31. The van der Waals surface area contributed by atoms with Crippen LogP contribution in [0.5, 0.6) is 11.5 Å². The molecule has 0 atom stereocenters. The van der Waals surface area contributed by atoms with E-state index in [1.807, 2.05) is 18.2 Å². The fourth-order valence-corrected chi connectivity index (χ4v) is 3.82. The van der Waals surface area contributed by atoms with Crippen LogP contribution < -0.4 is 14.8 Å². The van der Waals surface area contributed by atoms with Crippen molar-refractivity contribution in [1.29, 1.82) is 0 Å². The Morgan fingerprint density at radius 1 is 1.14 bits per heavy atom. The Morgan fingerprint density at radius 2 is 1.79 bits per heavy atom. The Hall–Kier alpha value is -2.24. The van der Waals surface area contributed by atoms with Crippen molar-refractivity contribution in [3.05, 3.63) is 59.1 Å². The number of halogens is 1. The summed E-state index contributed by atoms with van der Waals surface area (Å²) in [7, 11) is 1.67. The summed E-state index contributed by atoms with van der Waals surface area (Å²) in [6.07, 6.45) is 1.62. The summed E-state index contributed by atoms with van der Waals surface area (Å²) in [5, 5.41) is 3.74. The first kappa shape index (κ1) is 21.5. The van der Waals surface area contributed by atoms with E-state index in [4.69, 9.17) is 25.8 Å². The zero-order valence-corrected chi connectivity index (χ0v) is 17.9. The van der Waals surface area contributed by atoms with Crippen LogP contribution in [0, 0.1) is 0 Å². The van der Waals surface area contributed by atoms with Gasteiger partial charge in [0.25, 0.3) is 5.91 Å². The van der Waals surface area contributed by atoms with Crippen LogP contribution >= 0.6 is 11.6 Å². The van der Waals surface area contributed by atoms with Crippen LogP contribution in [0.15, 0.2) is 48.5 Å². The molecule has 0 bridgehead atoms. The number of hydrogen-bond acceptors (Lipinski definition) is 4. The summed E-state index contributed by atoms with van der Waals surface area (Å²) in [5.41, 5.74) is -0.166. The van der Waals surface area contributed by atoms with Gasteiger partial charge in [0, 0.05) is 35.8 Å². The molecule has 0 unspecified atom stereocenters. The molecule has 0 saturated carbocycles. The Morgan fingerprint density at radius 3 is 2.45 bits per heavy atom. The molecule has 29 heavy (non-hydrogen) atoms. The number of carbonyl (C=O) groups is 1. The number of rotatable bonds is 7. The van der Waals surface area contributed by atoms with Crippen molar-refractivity contribution in [3.63, 3.8) is 0 Å². The van der Waals surface area contributed by atoms with Crippen LogP contribution in [0.3, 0.4) is 0 Å². The normalized spacial score (nSPS) is 16.1. The zero-order valence-electron chi connectivity index (χ0n) is 17.2. The molecule has 1 heterocycles. The van der Waals surface area contributed by atoms with Crippen LogP contribution in [0.4, 0.5) is 0 Å². The van der Waals surface area contributed by atoms with E-state index < -0.39 is 5.60 Å². The third-order valence-electron chi connectivity index (χ3n) is 5.45. The minimum Gasteiger partial charge on any atom is -0.496 e. The Labute approximate surface area is 177 Å². The van der Waals surface area contributed by atoms with Gasteiger partial charge in [-0.25, -0.2) is 0 Å². The maximum Gasteiger partial charge on any atom is 0.263 e. The van der Waals surface area contributed by atoms with Crippen LogP contribution in [0.1, 0.15) is 32.3 Å². The maximum absolute atomic E-state index is 13.0. The minimum atomic E-state index is -1.03. The van der Waals surface area contributed by atoms with Crippen molar-refractivity contribution in [3.8, 4) is 11.5 Å². The van der Waals surface area contributed by atoms with Gasteiger partial charge in [-0.2, -0.15) is 0 Å². The van der Waals surface area contributed by atoms with Gasteiger partial charge >= 0.3 is 0 Å². The van der Waals surface area contributed by atoms with Gasteiger partial charge in [0.05, 0.1) is 7.11 Å². The van der Waals surface area contributed by atoms with Gasteiger partial charge in [0.15, 0.2) is 5.60 Å². The summed E-state index contributed by atoms with van der Waals surface area (Å²) in [6, 6.07) is 15.0. The lowest BCUT2D eigenvalue weighted by molar-refractivity contribution is -0.134. The van der Waals surface area contributed by atoms with Gasteiger partial charge in [-0.05, 0) is 57.0 Å². The van der Waals surface area contributed by atoms with Crippen LogP contribution in [-0.4, -0.2) is 38.4 Å². The monoisotopic (exact) mass is 417 g/mol. The van der Waals surface area contributed by atoms with Crippen molar-refractivity contribution >= 4 is 17.5 Å². The van der Waals surface area contributed by atoms with Crippen molar-refractivity contribution in [1.82, 2.24) is 5.32 Å². The number of hydrogen-bond donors (Lipinski definition) is 1. The van der Waals surface area contributed by atoms with Gasteiger partial charge in [-0.15, -0.1) is 0 Å². The summed E-state index contributed by atoms with van der Waals surface area (Å²) in [5.74, 6) is 1.26. The largest absolute Gasteiger partial charge is 0.496 e. The highest BCUT2D eigenvalue weighted by Crippen LogP contribution is 2.39. The van der Waals surface area contributed by atoms with Gasteiger partial charge in [-0.3, -0.25) is 4.79 Å². The average Bonchev–Trinajstić information content (AvgIpc) is 2.74. The predicted molar refractivity (Wildman–Crippen MR) is 114 cm³/mol. The molecule has 5 nitrogen and oxygen atoms in total. The third-order valence-corrected chi connectivity index (χ3v) is 5.70. The summed E-state index contributed by atoms with van der Waals surface area (Å²) >= 11 is 5.92. The second-order valence-electron chi connectivity index (χ2n) is 7.84. The van der Waals surface area contributed by atoms with Crippen molar-refractivity contribution in [2.45, 2.75) is 37.7 Å². The second kappa shape index (κ2) is 9.06. The molecule has 1 aliphatic rings. The predicted octanol–water partition coefficient (Wildman–Crippen LogP) is 4.37. The molecule has 156 valence electrons. The maximum atomic E-state index is 13.0. The van der Waals surface area contributed by atoms with E-state index in [0.717, 1.165) is 24.2 Å². The number of amides is 1. The first-order chi connectivity index (χ1) is 13.9. The Balaban J connectivity index is 1.75. The molecule has 2 aromatic rings. The molecule has 0 radical (unpaired) electrons. The first-order valence-electron chi connectivity index (χ1n) is 9.80. The van der Waals surface area contributed by atoms with Crippen molar-refractivity contribution in [2.24, 2.45) is 0 Å². The lowest BCUT2D eigenvalue weighted by Gasteiger charge is -2.39. The van der Waals surface area contributed by atoms with Gasteiger partial charge in [0.2, 0.25) is 0 Å². The number of para-hydroxylation sites is 1. The topological polar surface area (TPSA) is 56.8 Å². The molecule has 0 aliphatic carbocycles. The zero-order chi connectivity index (χ0) is 20.9. The molecule has 1 N–H and O–H groups in total. The molecule has 6 heteroatoms. The molecule has 1 fully saturated rings. The number of methoxy groups -OCH3 is 1. The van der Waals surface area contributed by atoms with E-state index in [9.17, 15) is 4.79 Å². The molecule has 1 aliphatic heterocycles. The lowest BCUT2D eigenvalue weighted by Crippen LogP contribution is -2.52. The smallest absolute Gasteiger partial charge is 0.263 e. The molecule has 0 spiro atoms. The lowest BCUT2D eigenvalue weighted by atomic mass is 9.73. The Kier molecular flexibility index (Phi) is 6.70. The van der Waals surface area contributed by atoms with Crippen LogP contribution in [-0.2, 0) is 14.9 Å². The highest BCUT2D eigenvalue weighted by molar-refractivity contribution is 6.30. The molecule has 1 amide bonds. The second-order valence-corrected chi connectivity index (χ2v) is 8.28. The van der Waals surface area contributed by atoms with E-state index in [0.29, 0.717) is 30.5 Å². The van der Waals surface area contributed by atoms with Crippen molar-refractivity contribution in [2.75, 3.05) is 26.9 Å². The fourth-order valence-electron chi connectivity index (χ4n) is 3.69. The minimum absolute atomic E-state index is 0.173. The first-order valence-corrected chi connectivity index (χ1v) is 10.2. The average molecular weight is 418 g/mol. The molecular formula is C23H28ClNO4. The number of benzene rings is 2. The number of ether oxygens (including phenoxy) is 3. The molecular weight excluding hydrogens is 390 g/mol. The van der Waals surface area contributed by atoms with Gasteiger partial charge < -0.3 is 19.5 Å². The Bertz CT molecular complexity index is 829. The molecule has 3 rings (SSSR count). The fraction of sp³-hybridized carbons (Fsp3) is 0.435. The van der Waals surface area contributed by atoms with E-state index in [2.05, 4.69) is 11.4 Å². The molecule has 2 aromatic carbocycles. The van der Waals surface area contributed by atoms with E-state index in [1.165, 1.54) is 0 Å². The van der Waals surface area contributed by atoms with Gasteiger partial charge in [0.1, 0.15) is 11.5 Å². The molecule has 0 aromatic heterocycles. The van der Waals surface area contributed by atoms with Crippen LogP contribution in [0.2, 0.25) is 5.02 Å². The molecule has 1 saturated heterocycles. The quantitative estimate of drug-likeness (QED) is 0.726. The van der Waals surface area contributed by atoms with E-state index in [-0.39, 0.29) is 11.3 Å². The summed E-state index contributed by atoms with van der Waals surface area (Å²) in [4.78, 5) is 13.0. The van der Waals surface area contributed by atoms with E-state index >= 15 is 0 Å². The van der Waals surface area contributed by atoms with Gasteiger partial charge in [-0.1, -0.05) is 29.8 Å². The third kappa shape index (κ3) is 5.03. The standard InChI is InChI=1S/C23H28ClNO4/c1-22(2,29-18-10-8-17(24)9-11-18)21(26)25-16-23(12-14-28-15-13-23)19-6-4-5-7-20(19)27-3/h4-11H,12-16H2,1-3H3,(H,25,26). The summed E-state index contributed by atoms with van der Waals surface area (Å²) < 4.78 is 17.1. The van der Waals surface area contributed by atoms with Crippen LogP contribution in [0.25, 0.3) is 0 Å². The number of carbonyl (C=O) groups excluding carboxylic acids is 1. The van der Waals surface area contributed by atoms with Crippen molar-refractivity contribution < 1.29 is 19.0 Å². The van der Waals surface area contributed by atoms with E-state index in [1.54, 1.807) is 45.2 Å². The highest BCUT2D eigenvalue weighted by atomic mass is 35.5. The highest BCUT2D eigenvalue weighted by Gasteiger charge is 2.39. The SMILES string of the molecule is COc1ccccc1C1(CNC(=O)C(C)(C)Oc2ccc(Cl)cc2)CCOCC1.